The number of nitrogens with one attached hydrogen (secondary N) is 1. The number of halogens is 1. The molecule has 0 saturated heterocycles. The first-order valence-corrected chi connectivity index (χ1v) is 6.76. The Kier molecular flexibility index (Phi) is 4.23. The first-order valence-electron chi connectivity index (χ1n) is 5.95. The maximum absolute atomic E-state index is 13.0. The average molecular weight is 296 g/mol. The second kappa shape index (κ2) is 5.91. The summed E-state index contributed by atoms with van der Waals surface area (Å²) >= 11 is 1.27. The summed E-state index contributed by atoms with van der Waals surface area (Å²) in [5.74, 6) is -0.802. The summed E-state index contributed by atoms with van der Waals surface area (Å²) in [6.07, 6.45) is 0.988. The van der Waals surface area contributed by atoms with Crippen molar-refractivity contribution in [2.45, 2.75) is 26.3 Å². The van der Waals surface area contributed by atoms with Gasteiger partial charge >= 0.3 is 0 Å². The maximum atomic E-state index is 13.0. The topological polar surface area (TPSA) is 76.9 Å². The highest BCUT2D eigenvalue weighted by Gasteiger charge is 2.11. The van der Waals surface area contributed by atoms with Gasteiger partial charge in [-0.15, -0.1) is 10.2 Å². The minimum absolute atomic E-state index is 0.226. The largest absolute Gasteiger partial charge is 0.303 e. The van der Waals surface area contributed by atoms with Gasteiger partial charge in [-0.1, -0.05) is 25.2 Å². The quantitative estimate of drug-likeness (QED) is 0.929. The highest BCUT2D eigenvalue weighted by Crippen LogP contribution is 2.22. The van der Waals surface area contributed by atoms with Crippen LogP contribution in [0.4, 0.5) is 9.52 Å². The minimum Gasteiger partial charge on any atom is -0.303 e. The second-order valence-electron chi connectivity index (χ2n) is 4.46. The van der Waals surface area contributed by atoms with Crippen molar-refractivity contribution in [2.75, 3.05) is 5.32 Å². The number of aromatic nitrogens is 3. The molecule has 0 fully saturated rings. The van der Waals surface area contributed by atoms with Crippen molar-refractivity contribution < 1.29 is 9.18 Å². The molecule has 0 spiro atoms. The molecule has 0 radical (unpaired) electrons. The zero-order valence-electron chi connectivity index (χ0n) is 11.0. The molecule has 20 heavy (non-hydrogen) atoms. The van der Waals surface area contributed by atoms with Crippen LogP contribution in [0.1, 0.15) is 24.8 Å². The molecule has 0 saturated carbocycles. The number of carbonyl (C=O) groups is 1. The fraction of sp³-hybridized carbons (Fsp3) is 0.333. The lowest BCUT2D eigenvalue weighted by Crippen LogP contribution is -2.27. The van der Waals surface area contributed by atoms with Gasteiger partial charge in [0.15, 0.2) is 0 Å². The standard InChI is InChI=1S/C12H13FN4O2S/c1-7(2)11-15-16-12(20-11)14-9(18)6-17-5-8(13)3-4-10(17)19/h3-5,7H,6H2,1-2H3,(H,14,16,18). The van der Waals surface area contributed by atoms with E-state index in [4.69, 9.17) is 0 Å². The molecule has 0 unspecified atom stereocenters. The summed E-state index contributed by atoms with van der Waals surface area (Å²) in [6, 6.07) is 2.13. The molecular weight excluding hydrogens is 283 g/mol. The van der Waals surface area contributed by atoms with Crippen LogP contribution in [0.25, 0.3) is 0 Å². The number of hydrogen-bond acceptors (Lipinski definition) is 5. The van der Waals surface area contributed by atoms with Gasteiger partial charge in [0, 0.05) is 18.2 Å². The molecule has 0 aliphatic heterocycles. The Morgan fingerprint density at radius 2 is 2.20 bits per heavy atom. The molecule has 0 bridgehead atoms. The van der Waals surface area contributed by atoms with E-state index in [1.807, 2.05) is 13.8 Å². The smallest absolute Gasteiger partial charge is 0.251 e. The highest BCUT2D eigenvalue weighted by molar-refractivity contribution is 7.15. The third-order valence-corrected chi connectivity index (χ3v) is 3.58. The lowest BCUT2D eigenvalue weighted by Gasteiger charge is -2.04. The number of rotatable bonds is 4. The molecule has 106 valence electrons. The molecular formula is C12H13FN4O2S. The summed E-state index contributed by atoms with van der Waals surface area (Å²) in [5.41, 5.74) is -0.443. The maximum Gasteiger partial charge on any atom is 0.251 e. The average Bonchev–Trinajstić information content (AvgIpc) is 2.82. The number of anilines is 1. The van der Waals surface area contributed by atoms with E-state index in [0.717, 1.165) is 27.9 Å². The van der Waals surface area contributed by atoms with Crippen molar-refractivity contribution in [3.63, 3.8) is 0 Å². The van der Waals surface area contributed by atoms with Crippen LogP contribution < -0.4 is 10.9 Å². The highest BCUT2D eigenvalue weighted by atomic mass is 32.1. The van der Waals surface area contributed by atoms with Gasteiger partial charge < -0.3 is 4.57 Å². The Morgan fingerprint density at radius 3 is 2.85 bits per heavy atom. The van der Waals surface area contributed by atoms with Crippen LogP contribution in [-0.4, -0.2) is 20.7 Å². The Morgan fingerprint density at radius 1 is 1.45 bits per heavy atom. The molecule has 1 N–H and O–H groups in total. The normalized spacial score (nSPS) is 10.8. The monoisotopic (exact) mass is 296 g/mol. The fourth-order valence-electron chi connectivity index (χ4n) is 1.46. The number of amides is 1. The van der Waals surface area contributed by atoms with Gasteiger partial charge in [-0.05, 0) is 6.07 Å². The lowest BCUT2D eigenvalue weighted by atomic mass is 10.2. The molecule has 1 amide bonds. The first kappa shape index (κ1) is 14.3. The Hall–Kier alpha value is -2.09. The van der Waals surface area contributed by atoms with Gasteiger partial charge in [0.2, 0.25) is 11.0 Å². The summed E-state index contributed by atoms with van der Waals surface area (Å²) in [6.45, 7) is 3.67. The fourth-order valence-corrected chi connectivity index (χ4v) is 2.22. The molecule has 0 aliphatic carbocycles. The first-order chi connectivity index (χ1) is 9.45. The number of pyridine rings is 1. The second-order valence-corrected chi connectivity index (χ2v) is 5.47. The Labute approximate surface area is 118 Å². The van der Waals surface area contributed by atoms with Crippen LogP contribution in [-0.2, 0) is 11.3 Å². The molecule has 8 heteroatoms. The molecule has 2 aromatic heterocycles. The Balaban J connectivity index is 2.05. The molecule has 0 aliphatic rings. The van der Waals surface area contributed by atoms with Crippen molar-refractivity contribution in [1.29, 1.82) is 0 Å². The lowest BCUT2D eigenvalue weighted by molar-refractivity contribution is -0.116. The predicted molar refractivity (Wildman–Crippen MR) is 73.3 cm³/mol. The minimum atomic E-state index is -0.574. The van der Waals surface area contributed by atoms with Crippen LogP contribution in [0.3, 0.4) is 0 Å². The van der Waals surface area contributed by atoms with E-state index in [-0.39, 0.29) is 12.5 Å². The summed E-state index contributed by atoms with van der Waals surface area (Å²) in [7, 11) is 0. The van der Waals surface area contributed by atoms with E-state index in [1.165, 1.54) is 11.3 Å². The number of carbonyl (C=O) groups excluding carboxylic acids is 1. The van der Waals surface area contributed by atoms with Crippen LogP contribution in [0.15, 0.2) is 23.1 Å². The van der Waals surface area contributed by atoms with E-state index < -0.39 is 17.3 Å². The van der Waals surface area contributed by atoms with Crippen LogP contribution in [0, 0.1) is 5.82 Å². The van der Waals surface area contributed by atoms with Gasteiger partial charge in [0.25, 0.3) is 5.56 Å². The molecule has 2 aromatic rings. The molecule has 0 atom stereocenters. The van der Waals surface area contributed by atoms with Crippen molar-refractivity contribution >= 4 is 22.4 Å². The Bertz CT molecular complexity index is 680. The molecule has 2 heterocycles. The van der Waals surface area contributed by atoms with Crippen LogP contribution in [0.5, 0.6) is 0 Å². The number of hydrogen-bond donors (Lipinski definition) is 1. The zero-order valence-corrected chi connectivity index (χ0v) is 11.8. The van der Waals surface area contributed by atoms with E-state index >= 15 is 0 Å². The summed E-state index contributed by atoms with van der Waals surface area (Å²) < 4.78 is 14.0. The van der Waals surface area contributed by atoms with Crippen molar-refractivity contribution in [1.82, 2.24) is 14.8 Å². The van der Waals surface area contributed by atoms with Gasteiger partial charge in [-0.2, -0.15) is 0 Å². The third kappa shape index (κ3) is 3.47. The SMILES string of the molecule is CC(C)c1nnc(NC(=O)Cn2cc(F)ccc2=O)s1. The van der Waals surface area contributed by atoms with Gasteiger partial charge in [0.05, 0.1) is 0 Å². The number of nitrogens with zero attached hydrogens (tertiary/aromatic N) is 3. The third-order valence-electron chi connectivity index (χ3n) is 2.44. The van der Waals surface area contributed by atoms with Gasteiger partial charge in [-0.3, -0.25) is 14.9 Å². The van der Waals surface area contributed by atoms with E-state index in [2.05, 4.69) is 15.5 Å². The summed E-state index contributed by atoms with van der Waals surface area (Å²) in [5, 5.41) is 11.5. The van der Waals surface area contributed by atoms with Crippen LogP contribution in [0.2, 0.25) is 0 Å². The van der Waals surface area contributed by atoms with Gasteiger partial charge in [-0.25, -0.2) is 4.39 Å². The zero-order chi connectivity index (χ0) is 14.7. The van der Waals surface area contributed by atoms with E-state index in [1.54, 1.807) is 0 Å². The van der Waals surface area contributed by atoms with Crippen molar-refractivity contribution in [2.24, 2.45) is 0 Å². The summed E-state index contributed by atoms with van der Waals surface area (Å²) in [4.78, 5) is 23.2. The molecule has 6 nitrogen and oxygen atoms in total. The molecule has 0 aromatic carbocycles. The molecule has 2 rings (SSSR count). The predicted octanol–water partition coefficient (Wildman–Crippen LogP) is 1.60. The van der Waals surface area contributed by atoms with E-state index in [9.17, 15) is 14.0 Å². The van der Waals surface area contributed by atoms with Gasteiger partial charge in [0.1, 0.15) is 17.4 Å². The van der Waals surface area contributed by atoms with Crippen LogP contribution >= 0.6 is 11.3 Å². The van der Waals surface area contributed by atoms with Crippen molar-refractivity contribution in [3.8, 4) is 0 Å². The van der Waals surface area contributed by atoms with Crippen molar-refractivity contribution in [3.05, 3.63) is 39.5 Å². The van der Waals surface area contributed by atoms with E-state index in [0.29, 0.717) is 5.13 Å².